The minimum Gasteiger partial charge on any atom is -0.457 e. The summed E-state index contributed by atoms with van der Waals surface area (Å²) in [4.78, 5) is 25.5. The molecule has 1 aromatic heterocycles. The zero-order chi connectivity index (χ0) is 22.3. The average molecular weight is 470 g/mol. The number of nitrogens with zero attached hydrogens (tertiary/aromatic N) is 3. The quantitative estimate of drug-likeness (QED) is 0.435. The fourth-order valence-electron chi connectivity index (χ4n) is 2.71. The van der Waals surface area contributed by atoms with Gasteiger partial charge in [-0.25, -0.2) is 0 Å². The lowest BCUT2D eigenvalue weighted by atomic mass is 10.3. The molecule has 1 aliphatic rings. The Hall–Kier alpha value is -3.11. The standard InChI is InChI=1S/C22H23N5O3S2/c1-27(13-19(28)23-15-7-8-15)20(29)14-31-22-26-25-21(32-22)24-16-9-11-18(12-10-16)30-17-5-3-2-4-6-17/h2-6,9-12,15H,7-8,13-14H2,1H3,(H,23,28)(H,24,25). The predicted molar refractivity (Wildman–Crippen MR) is 126 cm³/mol. The number of ether oxygens (including phenoxy) is 1. The van der Waals surface area contributed by atoms with Crippen LogP contribution in [-0.2, 0) is 9.59 Å². The van der Waals surface area contributed by atoms with Gasteiger partial charge in [-0.15, -0.1) is 10.2 Å². The zero-order valence-electron chi connectivity index (χ0n) is 17.5. The van der Waals surface area contributed by atoms with Gasteiger partial charge in [-0.05, 0) is 49.2 Å². The summed E-state index contributed by atoms with van der Waals surface area (Å²) >= 11 is 2.67. The second kappa shape index (κ2) is 10.5. The Labute approximate surface area is 194 Å². The summed E-state index contributed by atoms with van der Waals surface area (Å²) in [5.41, 5.74) is 0.857. The normalized spacial score (nSPS) is 12.8. The maximum atomic E-state index is 12.3. The second-order valence-electron chi connectivity index (χ2n) is 7.32. The molecule has 166 valence electrons. The summed E-state index contributed by atoms with van der Waals surface area (Å²) in [5.74, 6) is 1.48. The van der Waals surface area contributed by atoms with E-state index in [0.717, 1.165) is 30.0 Å². The predicted octanol–water partition coefficient (Wildman–Crippen LogP) is 3.90. The molecule has 2 N–H and O–H groups in total. The molecule has 0 atom stereocenters. The van der Waals surface area contributed by atoms with E-state index in [4.69, 9.17) is 4.74 Å². The summed E-state index contributed by atoms with van der Waals surface area (Å²) < 4.78 is 6.47. The molecule has 1 aliphatic carbocycles. The van der Waals surface area contributed by atoms with Crippen molar-refractivity contribution in [1.82, 2.24) is 20.4 Å². The van der Waals surface area contributed by atoms with E-state index >= 15 is 0 Å². The van der Waals surface area contributed by atoms with Gasteiger partial charge in [0.1, 0.15) is 11.5 Å². The molecule has 0 aliphatic heterocycles. The minimum absolute atomic E-state index is 0.0722. The van der Waals surface area contributed by atoms with Crippen LogP contribution in [0.15, 0.2) is 58.9 Å². The first-order valence-corrected chi connectivity index (χ1v) is 11.9. The smallest absolute Gasteiger partial charge is 0.239 e. The number of para-hydroxylation sites is 1. The SMILES string of the molecule is CN(CC(=O)NC1CC1)C(=O)CSc1nnc(Nc2ccc(Oc3ccccc3)cc2)s1. The van der Waals surface area contributed by atoms with Gasteiger partial charge in [0.15, 0.2) is 4.34 Å². The maximum absolute atomic E-state index is 12.3. The first-order valence-electron chi connectivity index (χ1n) is 10.1. The van der Waals surface area contributed by atoms with E-state index in [0.29, 0.717) is 15.5 Å². The Bertz CT molecular complexity index is 1050. The van der Waals surface area contributed by atoms with Crippen LogP contribution in [0, 0.1) is 0 Å². The van der Waals surface area contributed by atoms with Gasteiger partial charge in [0, 0.05) is 18.8 Å². The number of amides is 2. The van der Waals surface area contributed by atoms with Crippen molar-refractivity contribution >= 4 is 45.7 Å². The molecule has 32 heavy (non-hydrogen) atoms. The van der Waals surface area contributed by atoms with Crippen molar-refractivity contribution in [2.24, 2.45) is 0 Å². The van der Waals surface area contributed by atoms with Gasteiger partial charge < -0.3 is 20.3 Å². The average Bonchev–Trinajstić information content (AvgIpc) is 3.49. The Balaban J connectivity index is 1.22. The molecule has 10 heteroatoms. The maximum Gasteiger partial charge on any atom is 0.239 e. The summed E-state index contributed by atoms with van der Waals surface area (Å²) in [6.07, 6.45) is 2.05. The largest absolute Gasteiger partial charge is 0.457 e. The van der Waals surface area contributed by atoms with Crippen molar-refractivity contribution < 1.29 is 14.3 Å². The number of anilines is 2. The molecule has 0 unspecified atom stereocenters. The molecule has 1 saturated carbocycles. The minimum atomic E-state index is -0.125. The fraction of sp³-hybridized carbons (Fsp3) is 0.273. The van der Waals surface area contributed by atoms with E-state index in [1.807, 2.05) is 54.6 Å². The number of carbonyl (C=O) groups excluding carboxylic acids is 2. The van der Waals surface area contributed by atoms with Gasteiger partial charge in [-0.3, -0.25) is 9.59 Å². The molecule has 2 amide bonds. The van der Waals surface area contributed by atoms with Gasteiger partial charge in [-0.1, -0.05) is 41.3 Å². The lowest BCUT2D eigenvalue weighted by molar-refractivity contribution is -0.132. The number of thioether (sulfide) groups is 1. The molecule has 1 fully saturated rings. The topological polar surface area (TPSA) is 96.5 Å². The van der Waals surface area contributed by atoms with Crippen molar-refractivity contribution in [2.75, 3.05) is 24.7 Å². The van der Waals surface area contributed by atoms with Gasteiger partial charge in [-0.2, -0.15) is 0 Å². The summed E-state index contributed by atoms with van der Waals surface area (Å²) in [6.45, 7) is 0.0722. The van der Waals surface area contributed by atoms with E-state index < -0.39 is 0 Å². The van der Waals surface area contributed by atoms with Crippen molar-refractivity contribution in [2.45, 2.75) is 23.2 Å². The lowest BCUT2D eigenvalue weighted by Crippen LogP contribution is -2.39. The number of nitrogens with one attached hydrogen (secondary N) is 2. The Morgan fingerprint density at radius 3 is 2.53 bits per heavy atom. The molecule has 0 radical (unpaired) electrons. The molecular weight excluding hydrogens is 446 g/mol. The van der Waals surface area contributed by atoms with Crippen LogP contribution in [0.2, 0.25) is 0 Å². The van der Waals surface area contributed by atoms with Crippen LogP contribution in [0.1, 0.15) is 12.8 Å². The highest BCUT2D eigenvalue weighted by Crippen LogP contribution is 2.29. The summed E-state index contributed by atoms with van der Waals surface area (Å²) in [7, 11) is 1.63. The summed E-state index contributed by atoms with van der Waals surface area (Å²) in [5, 5.41) is 15.0. The van der Waals surface area contributed by atoms with Gasteiger partial charge >= 0.3 is 0 Å². The van der Waals surface area contributed by atoms with E-state index in [2.05, 4.69) is 20.8 Å². The molecule has 0 bridgehead atoms. The monoisotopic (exact) mass is 469 g/mol. The van der Waals surface area contributed by atoms with Crippen LogP contribution in [0.5, 0.6) is 11.5 Å². The van der Waals surface area contributed by atoms with E-state index in [1.165, 1.54) is 28.0 Å². The molecule has 8 nitrogen and oxygen atoms in total. The number of likely N-dealkylation sites (N-methyl/N-ethyl adjacent to an activating group) is 1. The molecule has 3 aromatic rings. The number of hydrogen-bond acceptors (Lipinski definition) is 8. The highest BCUT2D eigenvalue weighted by atomic mass is 32.2. The lowest BCUT2D eigenvalue weighted by Gasteiger charge is -2.16. The third-order valence-corrected chi connectivity index (χ3v) is 6.52. The highest BCUT2D eigenvalue weighted by molar-refractivity contribution is 8.01. The van der Waals surface area contributed by atoms with E-state index in [1.54, 1.807) is 7.05 Å². The number of benzene rings is 2. The molecule has 0 saturated heterocycles. The zero-order valence-corrected chi connectivity index (χ0v) is 19.1. The van der Waals surface area contributed by atoms with Crippen LogP contribution < -0.4 is 15.4 Å². The fourth-order valence-corrected chi connectivity index (χ4v) is 4.42. The molecule has 2 aromatic carbocycles. The molecule has 0 spiro atoms. The van der Waals surface area contributed by atoms with Crippen LogP contribution in [0.25, 0.3) is 0 Å². The first-order chi connectivity index (χ1) is 15.5. The van der Waals surface area contributed by atoms with Crippen LogP contribution in [-0.4, -0.2) is 52.3 Å². The molecular formula is C22H23N5O3S2. The van der Waals surface area contributed by atoms with Crippen LogP contribution >= 0.6 is 23.1 Å². The van der Waals surface area contributed by atoms with Crippen LogP contribution in [0.4, 0.5) is 10.8 Å². The van der Waals surface area contributed by atoms with Crippen LogP contribution in [0.3, 0.4) is 0 Å². The highest BCUT2D eigenvalue weighted by Gasteiger charge is 2.24. The van der Waals surface area contributed by atoms with E-state index in [-0.39, 0.29) is 24.1 Å². The molecule has 1 heterocycles. The van der Waals surface area contributed by atoms with Crippen molar-refractivity contribution in [3.63, 3.8) is 0 Å². The Morgan fingerprint density at radius 1 is 1.09 bits per heavy atom. The van der Waals surface area contributed by atoms with Gasteiger partial charge in [0.05, 0.1) is 12.3 Å². The Kier molecular flexibility index (Phi) is 7.23. The number of rotatable bonds is 10. The number of aromatic nitrogens is 2. The third-order valence-electron chi connectivity index (χ3n) is 4.56. The number of hydrogen-bond donors (Lipinski definition) is 2. The number of carbonyl (C=O) groups is 2. The van der Waals surface area contributed by atoms with Gasteiger partial charge in [0.25, 0.3) is 0 Å². The third kappa shape index (κ3) is 6.69. The van der Waals surface area contributed by atoms with Crippen molar-refractivity contribution in [3.8, 4) is 11.5 Å². The van der Waals surface area contributed by atoms with Gasteiger partial charge in [0.2, 0.25) is 16.9 Å². The molecule has 4 rings (SSSR count). The van der Waals surface area contributed by atoms with Crippen molar-refractivity contribution in [3.05, 3.63) is 54.6 Å². The van der Waals surface area contributed by atoms with E-state index in [9.17, 15) is 9.59 Å². The summed E-state index contributed by atoms with van der Waals surface area (Å²) in [6, 6.07) is 17.4. The second-order valence-corrected chi connectivity index (χ2v) is 9.52. The van der Waals surface area contributed by atoms with Crippen molar-refractivity contribution in [1.29, 1.82) is 0 Å². The first kappa shape index (κ1) is 22.1. The Morgan fingerprint density at radius 2 is 1.81 bits per heavy atom.